The van der Waals surface area contributed by atoms with Gasteiger partial charge in [-0.1, -0.05) is 23.9 Å². The third kappa shape index (κ3) is 5.23. The molecule has 0 saturated carbocycles. The summed E-state index contributed by atoms with van der Waals surface area (Å²) in [6, 6.07) is 14.6. The summed E-state index contributed by atoms with van der Waals surface area (Å²) in [6.07, 6.45) is 0. The molecule has 168 valence electrons. The largest absolute Gasteiger partial charge is 0.358 e. The van der Waals surface area contributed by atoms with Gasteiger partial charge in [0.2, 0.25) is 0 Å². The number of rotatable bonds is 5. The number of carbonyl (C=O) groups excluding carboxylic acids is 2. The predicted octanol–water partition coefficient (Wildman–Crippen LogP) is 4.56. The second-order valence-electron chi connectivity index (χ2n) is 7.96. The van der Waals surface area contributed by atoms with Crippen LogP contribution in [0.4, 0.5) is 0 Å². The highest BCUT2D eigenvalue weighted by atomic mass is 32.2. The molecule has 0 aliphatic rings. The number of hydrogen-bond acceptors (Lipinski definition) is 5. The average Bonchev–Trinajstić information content (AvgIpc) is 3.08. The Morgan fingerprint density at radius 1 is 0.848 bits per heavy atom. The highest BCUT2D eigenvalue weighted by Gasteiger charge is 2.12. The molecule has 2 aromatic carbocycles. The van der Waals surface area contributed by atoms with E-state index in [-0.39, 0.29) is 11.8 Å². The van der Waals surface area contributed by atoms with Crippen LogP contribution in [0.5, 0.6) is 0 Å². The van der Waals surface area contributed by atoms with Gasteiger partial charge in [-0.25, -0.2) is 9.97 Å². The molecular formula is C25H25N5O2S. The maximum atomic E-state index is 12.5. The van der Waals surface area contributed by atoms with Crippen molar-refractivity contribution in [2.24, 2.45) is 0 Å². The maximum Gasteiger partial charge on any atom is 0.269 e. The number of nitrogens with zero attached hydrogens (tertiary/aromatic N) is 2. The number of aromatic amines is 1. The van der Waals surface area contributed by atoms with E-state index in [1.165, 1.54) is 0 Å². The smallest absolute Gasteiger partial charge is 0.269 e. The third-order valence-corrected chi connectivity index (χ3v) is 6.32. The SMILES string of the molecule is Cc1cc(C)nc(SCc2ccc(C(=O)NNC(=O)c3ccc4[nH]c(C)c(C)c4c3)cc2)n1. The van der Waals surface area contributed by atoms with Gasteiger partial charge in [0, 0.05) is 44.9 Å². The molecule has 8 heteroatoms. The van der Waals surface area contributed by atoms with E-state index in [2.05, 4.69) is 25.8 Å². The Morgan fingerprint density at radius 3 is 2.12 bits per heavy atom. The van der Waals surface area contributed by atoms with E-state index < -0.39 is 0 Å². The summed E-state index contributed by atoms with van der Waals surface area (Å²) in [6.45, 7) is 7.91. The van der Waals surface area contributed by atoms with Crippen LogP contribution in [0.3, 0.4) is 0 Å². The van der Waals surface area contributed by atoms with Crippen LogP contribution in [-0.4, -0.2) is 26.8 Å². The van der Waals surface area contributed by atoms with Crippen molar-refractivity contribution in [3.63, 3.8) is 0 Å². The number of carbonyl (C=O) groups is 2. The molecule has 4 rings (SSSR count). The minimum Gasteiger partial charge on any atom is -0.358 e. The van der Waals surface area contributed by atoms with Crippen molar-refractivity contribution < 1.29 is 9.59 Å². The van der Waals surface area contributed by atoms with E-state index in [4.69, 9.17) is 0 Å². The van der Waals surface area contributed by atoms with Crippen molar-refractivity contribution in [3.05, 3.63) is 87.9 Å². The second-order valence-corrected chi connectivity index (χ2v) is 8.90. The van der Waals surface area contributed by atoms with Gasteiger partial charge >= 0.3 is 0 Å². The summed E-state index contributed by atoms with van der Waals surface area (Å²) < 4.78 is 0. The first-order valence-electron chi connectivity index (χ1n) is 10.5. The van der Waals surface area contributed by atoms with E-state index in [1.807, 2.05) is 58.0 Å². The fourth-order valence-corrected chi connectivity index (χ4v) is 4.42. The molecule has 33 heavy (non-hydrogen) atoms. The summed E-state index contributed by atoms with van der Waals surface area (Å²) in [4.78, 5) is 37.1. The van der Waals surface area contributed by atoms with E-state index >= 15 is 0 Å². The van der Waals surface area contributed by atoms with Gasteiger partial charge in [-0.15, -0.1) is 0 Å². The number of thioether (sulfide) groups is 1. The molecule has 0 aliphatic carbocycles. The summed E-state index contributed by atoms with van der Waals surface area (Å²) in [5.74, 6) is -0.0536. The zero-order chi connectivity index (χ0) is 23.5. The molecule has 4 aromatic rings. The first-order chi connectivity index (χ1) is 15.8. The molecule has 7 nitrogen and oxygen atoms in total. The van der Waals surface area contributed by atoms with Crippen molar-refractivity contribution in [2.45, 2.75) is 38.6 Å². The quantitative estimate of drug-likeness (QED) is 0.231. The molecule has 0 saturated heterocycles. The molecule has 3 N–H and O–H groups in total. The van der Waals surface area contributed by atoms with Gasteiger partial charge in [0.25, 0.3) is 11.8 Å². The number of hydrogen-bond donors (Lipinski definition) is 3. The maximum absolute atomic E-state index is 12.5. The lowest BCUT2D eigenvalue weighted by Crippen LogP contribution is -2.41. The van der Waals surface area contributed by atoms with Gasteiger partial charge in [0.15, 0.2) is 5.16 Å². The fourth-order valence-electron chi connectivity index (χ4n) is 3.52. The predicted molar refractivity (Wildman–Crippen MR) is 130 cm³/mol. The molecule has 2 heterocycles. The third-order valence-electron chi connectivity index (χ3n) is 5.41. The summed E-state index contributed by atoms with van der Waals surface area (Å²) >= 11 is 1.55. The van der Waals surface area contributed by atoms with Crippen molar-refractivity contribution >= 4 is 34.5 Å². The zero-order valence-corrected chi connectivity index (χ0v) is 19.8. The van der Waals surface area contributed by atoms with Crippen molar-refractivity contribution in [1.82, 2.24) is 25.8 Å². The summed E-state index contributed by atoms with van der Waals surface area (Å²) in [5, 5.41) is 1.73. The molecule has 0 spiro atoms. The molecule has 0 fully saturated rings. The van der Waals surface area contributed by atoms with Crippen molar-refractivity contribution in [3.8, 4) is 0 Å². The van der Waals surface area contributed by atoms with E-state index in [0.717, 1.165) is 44.3 Å². The van der Waals surface area contributed by atoms with E-state index in [9.17, 15) is 9.59 Å². The lowest BCUT2D eigenvalue weighted by molar-refractivity contribution is 0.0847. The monoisotopic (exact) mass is 459 g/mol. The van der Waals surface area contributed by atoms with Gasteiger partial charge < -0.3 is 4.98 Å². The van der Waals surface area contributed by atoms with Crippen LogP contribution in [0.2, 0.25) is 0 Å². The first-order valence-corrected chi connectivity index (χ1v) is 11.5. The van der Waals surface area contributed by atoms with Gasteiger partial charge in [-0.05, 0) is 75.2 Å². The highest BCUT2D eigenvalue weighted by molar-refractivity contribution is 7.98. The van der Waals surface area contributed by atoms with Gasteiger partial charge in [-0.2, -0.15) is 0 Å². The molecule has 2 aromatic heterocycles. The Bertz CT molecular complexity index is 1320. The molecule has 0 aliphatic heterocycles. The normalized spacial score (nSPS) is 10.9. The zero-order valence-electron chi connectivity index (χ0n) is 18.9. The van der Waals surface area contributed by atoms with Crippen LogP contribution in [0.15, 0.2) is 53.7 Å². The van der Waals surface area contributed by atoms with Crippen LogP contribution in [0.1, 0.15) is 48.9 Å². The second kappa shape index (κ2) is 9.46. The molecule has 0 radical (unpaired) electrons. The number of aryl methyl sites for hydroxylation is 4. The number of fused-ring (bicyclic) bond motifs is 1. The summed E-state index contributed by atoms with van der Waals surface area (Å²) in [7, 11) is 0. The Morgan fingerprint density at radius 2 is 1.45 bits per heavy atom. The number of H-pyrrole nitrogens is 1. The molecule has 0 atom stereocenters. The van der Waals surface area contributed by atoms with Gasteiger partial charge in [-0.3, -0.25) is 20.4 Å². The minimum atomic E-state index is -0.380. The Hall–Kier alpha value is -3.65. The molecule has 2 amide bonds. The average molecular weight is 460 g/mol. The summed E-state index contributed by atoms with van der Waals surface area (Å²) in [5.41, 5.74) is 12.0. The number of nitrogens with one attached hydrogen (secondary N) is 3. The van der Waals surface area contributed by atoms with Crippen molar-refractivity contribution in [2.75, 3.05) is 0 Å². The number of benzene rings is 2. The van der Waals surface area contributed by atoms with Gasteiger partial charge in [0.1, 0.15) is 0 Å². The van der Waals surface area contributed by atoms with Crippen LogP contribution >= 0.6 is 11.8 Å². The van der Waals surface area contributed by atoms with Gasteiger partial charge in [0.05, 0.1) is 0 Å². The Labute approximate surface area is 196 Å². The van der Waals surface area contributed by atoms with Crippen LogP contribution < -0.4 is 10.9 Å². The highest BCUT2D eigenvalue weighted by Crippen LogP contribution is 2.22. The number of hydrazine groups is 1. The number of amides is 2. The topological polar surface area (TPSA) is 99.8 Å². The van der Waals surface area contributed by atoms with Crippen LogP contribution in [0, 0.1) is 27.7 Å². The molecule has 0 bridgehead atoms. The van der Waals surface area contributed by atoms with Crippen LogP contribution in [-0.2, 0) is 5.75 Å². The Kier molecular flexibility index (Phi) is 6.46. The lowest BCUT2D eigenvalue weighted by Gasteiger charge is -2.08. The number of aromatic nitrogens is 3. The minimum absolute atomic E-state index is 0.370. The van der Waals surface area contributed by atoms with Crippen LogP contribution in [0.25, 0.3) is 10.9 Å². The lowest BCUT2D eigenvalue weighted by atomic mass is 10.1. The fraction of sp³-hybridized carbons (Fsp3) is 0.200. The van der Waals surface area contributed by atoms with E-state index in [0.29, 0.717) is 16.9 Å². The molecular weight excluding hydrogens is 434 g/mol. The van der Waals surface area contributed by atoms with Crippen molar-refractivity contribution in [1.29, 1.82) is 0 Å². The first kappa shape index (κ1) is 22.5. The standard InChI is InChI=1S/C25H25N5O2S/c1-14-11-15(2)27-25(26-14)33-13-18-5-7-19(8-6-18)23(31)29-30-24(32)20-9-10-22-21(12-20)16(3)17(4)28-22/h5-12,28H,13H2,1-4H3,(H,29,31)(H,30,32). The molecule has 0 unspecified atom stereocenters. The Balaban J connectivity index is 1.33. The van der Waals surface area contributed by atoms with E-state index in [1.54, 1.807) is 30.0 Å².